The largest absolute Gasteiger partial charge is 0.496 e. The Bertz CT molecular complexity index is 416. The molecular formula is C13H18ClNO2. The molecule has 1 fully saturated rings. The number of ether oxygens (including phenoxy) is 2. The highest BCUT2D eigenvalue weighted by Gasteiger charge is 2.38. The van der Waals surface area contributed by atoms with Gasteiger partial charge in [-0.05, 0) is 37.0 Å². The summed E-state index contributed by atoms with van der Waals surface area (Å²) in [5.74, 6) is 0.770. The molecule has 1 aliphatic rings. The van der Waals surface area contributed by atoms with Crippen LogP contribution in [0.5, 0.6) is 5.75 Å². The summed E-state index contributed by atoms with van der Waals surface area (Å²) in [5, 5.41) is 0.653. The molecule has 1 aromatic carbocycles. The molecule has 4 heteroatoms. The monoisotopic (exact) mass is 255 g/mol. The van der Waals surface area contributed by atoms with Gasteiger partial charge in [0, 0.05) is 23.2 Å². The molecule has 0 unspecified atom stereocenters. The summed E-state index contributed by atoms with van der Waals surface area (Å²) in [6.07, 6.45) is 3.14. The smallest absolute Gasteiger partial charge is 0.125 e. The normalized spacial score (nSPS) is 17.6. The van der Waals surface area contributed by atoms with Crippen LogP contribution in [0.3, 0.4) is 0 Å². The topological polar surface area (TPSA) is 44.5 Å². The van der Waals surface area contributed by atoms with Crippen LogP contribution >= 0.6 is 11.6 Å². The third-order valence-electron chi connectivity index (χ3n) is 3.41. The van der Waals surface area contributed by atoms with Gasteiger partial charge in [0.15, 0.2) is 0 Å². The van der Waals surface area contributed by atoms with Crippen LogP contribution in [-0.4, -0.2) is 14.2 Å². The molecule has 0 heterocycles. The van der Waals surface area contributed by atoms with E-state index in [1.165, 1.54) is 0 Å². The van der Waals surface area contributed by atoms with Crippen LogP contribution in [0.4, 0.5) is 0 Å². The molecule has 3 nitrogen and oxygen atoms in total. The number of rotatable bonds is 4. The van der Waals surface area contributed by atoms with Crippen molar-refractivity contribution in [1.29, 1.82) is 0 Å². The minimum absolute atomic E-state index is 0.274. The zero-order valence-corrected chi connectivity index (χ0v) is 11.0. The van der Waals surface area contributed by atoms with Gasteiger partial charge in [0.25, 0.3) is 0 Å². The van der Waals surface area contributed by atoms with Crippen LogP contribution in [0.25, 0.3) is 0 Å². The molecule has 0 amide bonds. The van der Waals surface area contributed by atoms with E-state index in [2.05, 4.69) is 0 Å². The molecule has 0 aliphatic heterocycles. The molecule has 1 saturated carbocycles. The number of nitrogens with two attached hydrogens (primary N) is 1. The van der Waals surface area contributed by atoms with E-state index in [-0.39, 0.29) is 5.54 Å². The average Bonchev–Trinajstić information content (AvgIpc) is 2.25. The molecule has 1 aromatic rings. The van der Waals surface area contributed by atoms with Gasteiger partial charge in [-0.25, -0.2) is 0 Å². The Labute approximate surface area is 107 Å². The Morgan fingerprint density at radius 3 is 2.53 bits per heavy atom. The van der Waals surface area contributed by atoms with Crippen molar-refractivity contribution in [2.24, 2.45) is 5.73 Å². The second kappa shape index (κ2) is 4.84. The lowest BCUT2D eigenvalue weighted by Gasteiger charge is -2.40. The second-order valence-corrected chi connectivity index (χ2v) is 5.02. The minimum atomic E-state index is -0.274. The van der Waals surface area contributed by atoms with Gasteiger partial charge in [-0.1, -0.05) is 11.6 Å². The van der Waals surface area contributed by atoms with Gasteiger partial charge >= 0.3 is 0 Å². The molecule has 0 spiro atoms. The zero-order chi connectivity index (χ0) is 12.5. The van der Waals surface area contributed by atoms with Gasteiger partial charge in [-0.3, -0.25) is 0 Å². The summed E-state index contributed by atoms with van der Waals surface area (Å²) in [6, 6.07) is 3.73. The first-order valence-corrected chi connectivity index (χ1v) is 6.13. The van der Waals surface area contributed by atoms with Crippen LogP contribution in [0.15, 0.2) is 12.1 Å². The van der Waals surface area contributed by atoms with Gasteiger partial charge in [0.05, 0.1) is 13.7 Å². The van der Waals surface area contributed by atoms with Crippen molar-refractivity contribution in [3.05, 3.63) is 28.3 Å². The average molecular weight is 256 g/mol. The summed E-state index contributed by atoms with van der Waals surface area (Å²) in [4.78, 5) is 0. The fourth-order valence-electron chi connectivity index (χ4n) is 2.44. The summed E-state index contributed by atoms with van der Waals surface area (Å²) >= 11 is 6.07. The van der Waals surface area contributed by atoms with Gasteiger partial charge in [0.1, 0.15) is 5.75 Å². The van der Waals surface area contributed by atoms with E-state index in [1.54, 1.807) is 14.2 Å². The maximum absolute atomic E-state index is 6.40. The summed E-state index contributed by atoms with van der Waals surface area (Å²) in [5.41, 5.74) is 8.21. The first-order valence-electron chi connectivity index (χ1n) is 5.75. The molecule has 0 saturated heterocycles. The fraction of sp³-hybridized carbons (Fsp3) is 0.538. The molecule has 0 aromatic heterocycles. The molecule has 0 bridgehead atoms. The van der Waals surface area contributed by atoms with Crippen LogP contribution < -0.4 is 10.5 Å². The highest BCUT2D eigenvalue weighted by atomic mass is 35.5. The molecule has 2 rings (SSSR count). The highest BCUT2D eigenvalue weighted by molar-refractivity contribution is 6.30. The molecule has 17 heavy (non-hydrogen) atoms. The van der Waals surface area contributed by atoms with Crippen molar-refractivity contribution in [2.45, 2.75) is 31.4 Å². The molecule has 94 valence electrons. The molecule has 0 radical (unpaired) electrons. The number of halogens is 1. The van der Waals surface area contributed by atoms with E-state index in [0.29, 0.717) is 11.6 Å². The third-order valence-corrected chi connectivity index (χ3v) is 3.63. The van der Waals surface area contributed by atoms with Crippen LogP contribution in [-0.2, 0) is 16.9 Å². The lowest BCUT2D eigenvalue weighted by molar-refractivity contribution is 0.176. The Balaban J connectivity index is 2.52. The Kier molecular flexibility index (Phi) is 3.61. The maximum Gasteiger partial charge on any atom is 0.125 e. The number of methoxy groups -OCH3 is 2. The first kappa shape index (κ1) is 12.7. The number of hydrogen-bond donors (Lipinski definition) is 1. The van der Waals surface area contributed by atoms with E-state index in [4.69, 9.17) is 26.8 Å². The zero-order valence-electron chi connectivity index (χ0n) is 10.3. The van der Waals surface area contributed by atoms with Crippen molar-refractivity contribution < 1.29 is 9.47 Å². The van der Waals surface area contributed by atoms with E-state index in [0.717, 1.165) is 36.1 Å². The van der Waals surface area contributed by atoms with Gasteiger partial charge < -0.3 is 15.2 Å². The van der Waals surface area contributed by atoms with Crippen LogP contribution in [0, 0.1) is 0 Å². The van der Waals surface area contributed by atoms with Crippen LogP contribution in [0.2, 0.25) is 5.02 Å². The lowest BCUT2D eigenvalue weighted by atomic mass is 9.71. The van der Waals surface area contributed by atoms with E-state index >= 15 is 0 Å². The predicted molar refractivity (Wildman–Crippen MR) is 68.4 cm³/mol. The van der Waals surface area contributed by atoms with Gasteiger partial charge in [0.2, 0.25) is 0 Å². The summed E-state index contributed by atoms with van der Waals surface area (Å²) < 4.78 is 10.6. The Morgan fingerprint density at radius 1 is 1.35 bits per heavy atom. The van der Waals surface area contributed by atoms with Gasteiger partial charge in [-0.2, -0.15) is 0 Å². The van der Waals surface area contributed by atoms with E-state index in [9.17, 15) is 0 Å². The molecular weight excluding hydrogens is 238 g/mol. The Hall–Kier alpha value is -0.770. The van der Waals surface area contributed by atoms with Crippen molar-refractivity contribution in [2.75, 3.05) is 14.2 Å². The standard InChI is InChI=1S/C13H18ClNO2/c1-16-8-9-6-10(14)7-11(17-2)12(9)13(15)4-3-5-13/h6-7H,3-5,8,15H2,1-2H3. The number of hydrogen-bond acceptors (Lipinski definition) is 3. The lowest BCUT2D eigenvalue weighted by Crippen LogP contribution is -2.44. The Morgan fingerprint density at radius 2 is 2.06 bits per heavy atom. The summed E-state index contributed by atoms with van der Waals surface area (Å²) in [6.45, 7) is 0.505. The highest BCUT2D eigenvalue weighted by Crippen LogP contribution is 2.45. The SMILES string of the molecule is COCc1cc(Cl)cc(OC)c1C1(N)CCC1. The van der Waals surface area contributed by atoms with Crippen LogP contribution in [0.1, 0.15) is 30.4 Å². The van der Waals surface area contributed by atoms with Crippen molar-refractivity contribution in [3.8, 4) is 5.75 Å². The number of benzene rings is 1. The molecule has 1 aliphatic carbocycles. The maximum atomic E-state index is 6.40. The third kappa shape index (κ3) is 2.28. The molecule has 2 N–H and O–H groups in total. The van der Waals surface area contributed by atoms with E-state index in [1.807, 2.05) is 12.1 Å². The van der Waals surface area contributed by atoms with E-state index < -0.39 is 0 Å². The predicted octanol–water partition coefficient (Wildman–Crippen LogP) is 2.83. The van der Waals surface area contributed by atoms with Crippen molar-refractivity contribution in [3.63, 3.8) is 0 Å². The van der Waals surface area contributed by atoms with Gasteiger partial charge in [-0.15, -0.1) is 0 Å². The van der Waals surface area contributed by atoms with Crippen molar-refractivity contribution in [1.82, 2.24) is 0 Å². The summed E-state index contributed by atoms with van der Waals surface area (Å²) in [7, 11) is 3.31. The fourth-order valence-corrected chi connectivity index (χ4v) is 2.67. The first-order chi connectivity index (χ1) is 8.10. The van der Waals surface area contributed by atoms with Crippen molar-refractivity contribution >= 4 is 11.6 Å². The second-order valence-electron chi connectivity index (χ2n) is 4.58. The quantitative estimate of drug-likeness (QED) is 0.900. The minimum Gasteiger partial charge on any atom is -0.496 e. The molecule has 0 atom stereocenters.